The molecule has 2 aromatic rings. The molecule has 1 N–H and O–H groups in total. The van der Waals surface area contributed by atoms with Crippen LogP contribution in [0, 0.1) is 0 Å². The van der Waals surface area contributed by atoms with Crippen molar-refractivity contribution in [1.82, 2.24) is 4.98 Å². The lowest BCUT2D eigenvalue weighted by atomic mass is 10.2. The van der Waals surface area contributed by atoms with E-state index in [9.17, 15) is 4.79 Å². The number of aliphatic carboxylic acids is 1. The summed E-state index contributed by atoms with van der Waals surface area (Å²) in [4.78, 5) is 14.5. The minimum absolute atomic E-state index is 0.579. The Bertz CT molecular complexity index is 576. The Morgan fingerprint density at radius 1 is 1.20 bits per heavy atom. The maximum absolute atomic E-state index is 10.4. The maximum Gasteiger partial charge on any atom is 0.328 e. The van der Waals surface area contributed by atoms with Gasteiger partial charge in [0.1, 0.15) is 5.75 Å². The molecule has 0 aliphatic heterocycles. The third kappa shape index (κ3) is 4.57. The number of carboxylic acid groups (broad SMARTS) is 1. The molecule has 0 aliphatic carbocycles. The highest BCUT2D eigenvalue weighted by Gasteiger charge is 1.97. The standard InChI is InChI=1S/C16H15NO3/c18-16(19)9-7-14-6-8-15(12-17-14)20-11-10-13-4-2-1-3-5-13/h1-9,12H,10-11H2,(H,18,19). The van der Waals surface area contributed by atoms with Crippen molar-refractivity contribution < 1.29 is 14.6 Å². The van der Waals surface area contributed by atoms with Gasteiger partial charge in [0.25, 0.3) is 0 Å². The number of hydrogen-bond acceptors (Lipinski definition) is 3. The summed E-state index contributed by atoms with van der Waals surface area (Å²) in [5, 5.41) is 8.51. The van der Waals surface area contributed by atoms with Crippen LogP contribution >= 0.6 is 0 Å². The van der Waals surface area contributed by atoms with Crippen molar-refractivity contribution in [2.45, 2.75) is 6.42 Å². The van der Waals surface area contributed by atoms with Crippen LogP contribution in [0.15, 0.2) is 54.7 Å². The summed E-state index contributed by atoms with van der Waals surface area (Å²) < 4.78 is 5.59. The highest BCUT2D eigenvalue weighted by Crippen LogP contribution is 2.11. The first kappa shape index (κ1) is 13.8. The van der Waals surface area contributed by atoms with Gasteiger partial charge in [-0.3, -0.25) is 4.98 Å². The molecule has 20 heavy (non-hydrogen) atoms. The van der Waals surface area contributed by atoms with E-state index in [4.69, 9.17) is 9.84 Å². The normalized spacial score (nSPS) is 10.6. The second kappa shape index (κ2) is 7.09. The molecule has 4 nitrogen and oxygen atoms in total. The third-order valence-electron chi connectivity index (χ3n) is 2.66. The molecule has 0 aliphatic rings. The molecule has 0 saturated heterocycles. The summed E-state index contributed by atoms with van der Waals surface area (Å²) in [7, 11) is 0. The minimum atomic E-state index is -0.991. The highest BCUT2D eigenvalue weighted by molar-refractivity contribution is 5.84. The number of pyridine rings is 1. The van der Waals surface area contributed by atoms with Crippen molar-refractivity contribution in [1.29, 1.82) is 0 Å². The number of ether oxygens (including phenoxy) is 1. The monoisotopic (exact) mass is 269 g/mol. The Morgan fingerprint density at radius 3 is 2.65 bits per heavy atom. The molecule has 0 atom stereocenters. The van der Waals surface area contributed by atoms with Gasteiger partial charge in [-0.05, 0) is 23.8 Å². The summed E-state index contributed by atoms with van der Waals surface area (Å²) in [5.74, 6) is -0.316. The number of benzene rings is 1. The van der Waals surface area contributed by atoms with E-state index in [1.54, 1.807) is 18.3 Å². The molecule has 0 radical (unpaired) electrons. The molecule has 0 unspecified atom stereocenters. The molecule has 2 rings (SSSR count). The SMILES string of the molecule is O=C(O)C=Cc1ccc(OCCc2ccccc2)cn1. The van der Waals surface area contributed by atoms with Crippen LogP contribution in [0.4, 0.5) is 0 Å². The van der Waals surface area contributed by atoms with Gasteiger partial charge in [-0.25, -0.2) is 4.79 Å². The van der Waals surface area contributed by atoms with Gasteiger partial charge in [-0.1, -0.05) is 30.3 Å². The number of rotatable bonds is 6. The fourth-order valence-corrected chi connectivity index (χ4v) is 1.66. The first-order valence-corrected chi connectivity index (χ1v) is 6.28. The molecule has 1 aromatic carbocycles. The smallest absolute Gasteiger partial charge is 0.328 e. The second-order valence-corrected chi connectivity index (χ2v) is 4.17. The number of hydrogen-bond donors (Lipinski definition) is 1. The molecule has 1 heterocycles. The van der Waals surface area contributed by atoms with Gasteiger partial charge in [0, 0.05) is 12.5 Å². The summed E-state index contributed by atoms with van der Waals surface area (Å²) in [6.07, 6.45) is 4.92. The van der Waals surface area contributed by atoms with Crippen molar-refractivity contribution in [3.05, 3.63) is 66.0 Å². The van der Waals surface area contributed by atoms with Gasteiger partial charge in [-0.2, -0.15) is 0 Å². The van der Waals surface area contributed by atoms with Crippen molar-refractivity contribution in [3.63, 3.8) is 0 Å². The van der Waals surface area contributed by atoms with Crippen LogP contribution in [-0.4, -0.2) is 22.7 Å². The first-order valence-electron chi connectivity index (χ1n) is 6.28. The van der Waals surface area contributed by atoms with Crippen LogP contribution in [-0.2, 0) is 11.2 Å². The topological polar surface area (TPSA) is 59.4 Å². The van der Waals surface area contributed by atoms with E-state index in [-0.39, 0.29) is 0 Å². The molecule has 4 heteroatoms. The van der Waals surface area contributed by atoms with Crippen molar-refractivity contribution in [3.8, 4) is 5.75 Å². The van der Waals surface area contributed by atoms with Crippen LogP contribution in [0.5, 0.6) is 5.75 Å². The molecule has 0 amide bonds. The highest BCUT2D eigenvalue weighted by atomic mass is 16.5. The Balaban J connectivity index is 1.83. The van der Waals surface area contributed by atoms with E-state index in [0.717, 1.165) is 12.5 Å². The van der Waals surface area contributed by atoms with Gasteiger partial charge < -0.3 is 9.84 Å². The van der Waals surface area contributed by atoms with Gasteiger partial charge in [0.15, 0.2) is 0 Å². The van der Waals surface area contributed by atoms with Gasteiger partial charge in [0.05, 0.1) is 18.5 Å². The number of nitrogens with zero attached hydrogens (tertiary/aromatic N) is 1. The van der Waals surface area contributed by atoms with Crippen LogP contribution in [0.3, 0.4) is 0 Å². The second-order valence-electron chi connectivity index (χ2n) is 4.17. The molecule has 0 saturated carbocycles. The van der Waals surface area contributed by atoms with Crippen molar-refractivity contribution in [2.75, 3.05) is 6.61 Å². The lowest BCUT2D eigenvalue weighted by Crippen LogP contribution is -2.01. The minimum Gasteiger partial charge on any atom is -0.492 e. The predicted octanol–water partition coefficient (Wildman–Crippen LogP) is 2.80. The van der Waals surface area contributed by atoms with Crippen molar-refractivity contribution in [2.24, 2.45) is 0 Å². The fourth-order valence-electron chi connectivity index (χ4n) is 1.66. The molecule has 0 fully saturated rings. The lowest BCUT2D eigenvalue weighted by Gasteiger charge is -2.05. The van der Waals surface area contributed by atoms with E-state index < -0.39 is 5.97 Å². The summed E-state index contributed by atoms with van der Waals surface area (Å²) >= 11 is 0. The molecular formula is C16H15NO3. The summed E-state index contributed by atoms with van der Waals surface area (Å²) in [5.41, 5.74) is 1.81. The van der Waals surface area contributed by atoms with E-state index in [1.165, 1.54) is 11.6 Å². The Morgan fingerprint density at radius 2 is 2.00 bits per heavy atom. The van der Waals surface area contributed by atoms with Crippen LogP contribution < -0.4 is 4.74 Å². The van der Waals surface area contributed by atoms with Crippen LogP contribution in [0.25, 0.3) is 6.08 Å². The number of carboxylic acids is 1. The average Bonchev–Trinajstić information content (AvgIpc) is 2.47. The van der Waals surface area contributed by atoms with Gasteiger partial charge in [0.2, 0.25) is 0 Å². The van der Waals surface area contributed by atoms with E-state index in [0.29, 0.717) is 18.1 Å². The molecule has 0 bridgehead atoms. The zero-order valence-corrected chi connectivity index (χ0v) is 10.9. The third-order valence-corrected chi connectivity index (χ3v) is 2.66. The predicted molar refractivity (Wildman–Crippen MR) is 76.5 cm³/mol. The Labute approximate surface area is 117 Å². The van der Waals surface area contributed by atoms with Crippen LogP contribution in [0.1, 0.15) is 11.3 Å². The molecule has 0 spiro atoms. The Kier molecular flexibility index (Phi) is 4.89. The Hall–Kier alpha value is -2.62. The quantitative estimate of drug-likeness (QED) is 0.819. The van der Waals surface area contributed by atoms with E-state index in [1.807, 2.05) is 18.2 Å². The summed E-state index contributed by atoms with van der Waals surface area (Å²) in [6.45, 7) is 0.579. The molecular weight excluding hydrogens is 254 g/mol. The fraction of sp³-hybridized carbons (Fsp3) is 0.125. The zero-order valence-electron chi connectivity index (χ0n) is 10.9. The average molecular weight is 269 g/mol. The molecule has 102 valence electrons. The summed E-state index contributed by atoms with van der Waals surface area (Å²) in [6, 6.07) is 13.6. The van der Waals surface area contributed by atoms with Gasteiger partial charge >= 0.3 is 5.97 Å². The zero-order chi connectivity index (χ0) is 14.2. The molecule has 1 aromatic heterocycles. The van der Waals surface area contributed by atoms with E-state index in [2.05, 4.69) is 17.1 Å². The number of carbonyl (C=O) groups is 1. The first-order chi connectivity index (χ1) is 9.74. The largest absolute Gasteiger partial charge is 0.492 e. The van der Waals surface area contributed by atoms with Crippen LogP contribution in [0.2, 0.25) is 0 Å². The van der Waals surface area contributed by atoms with Crippen molar-refractivity contribution >= 4 is 12.0 Å². The maximum atomic E-state index is 10.4. The lowest BCUT2D eigenvalue weighted by molar-refractivity contribution is -0.131. The van der Waals surface area contributed by atoms with Gasteiger partial charge in [-0.15, -0.1) is 0 Å². The van der Waals surface area contributed by atoms with E-state index >= 15 is 0 Å². The number of aromatic nitrogens is 1.